The average Bonchev–Trinajstić information content (AvgIpc) is 3.69. The number of amides is 1. The fraction of sp³-hybridized carbons (Fsp3) is 0.158. The summed E-state index contributed by atoms with van der Waals surface area (Å²) in [4.78, 5) is 12.7. The molecule has 0 radical (unpaired) electrons. The van der Waals surface area contributed by atoms with Gasteiger partial charge in [-0.05, 0) is 103 Å². The van der Waals surface area contributed by atoms with E-state index in [1.165, 1.54) is 6.21 Å². The van der Waals surface area contributed by atoms with Crippen LogP contribution in [0, 0.1) is 13.8 Å². The molecule has 0 fully saturated rings. The average molecular weight is 648 g/mol. The van der Waals surface area contributed by atoms with Crippen LogP contribution in [0.3, 0.4) is 0 Å². The van der Waals surface area contributed by atoms with Crippen molar-refractivity contribution in [2.24, 2.45) is 5.10 Å². The van der Waals surface area contributed by atoms with Gasteiger partial charge < -0.3 is 23.2 Å². The summed E-state index contributed by atoms with van der Waals surface area (Å²) in [5.74, 6) is 1.73. The van der Waals surface area contributed by atoms with Crippen molar-refractivity contribution in [1.29, 1.82) is 0 Å². The van der Waals surface area contributed by atoms with Gasteiger partial charge in [0, 0.05) is 17.1 Å². The monoisotopic (exact) mass is 647 g/mol. The molecule has 9 heteroatoms. The third kappa shape index (κ3) is 7.34. The van der Waals surface area contributed by atoms with Crippen molar-refractivity contribution in [1.82, 2.24) is 9.99 Å². The standard InChI is InChI=1S/C38H34ClN3O5/c1-4-44-36-21-27(20-34(39)37(36)46-23-29-10-7-9-28-8-5-6-11-33(28)29)22-40-41-38(43)35-19-18-32(47-35)24-45-31-16-14-30(15-17-31)42-25(2)12-13-26(42)3/h5-22H,4,23-24H2,1-3H3,(H,41,43)/b40-22+. The number of rotatable bonds is 12. The minimum absolute atomic E-state index is 0.111. The van der Waals surface area contributed by atoms with Gasteiger partial charge in [-0.15, -0.1) is 0 Å². The Morgan fingerprint density at radius 3 is 2.43 bits per heavy atom. The van der Waals surface area contributed by atoms with E-state index < -0.39 is 5.91 Å². The summed E-state index contributed by atoms with van der Waals surface area (Å²) in [5.41, 5.74) is 7.54. The molecule has 0 bridgehead atoms. The predicted octanol–water partition coefficient (Wildman–Crippen LogP) is 8.81. The zero-order valence-corrected chi connectivity index (χ0v) is 27.1. The number of halogens is 1. The van der Waals surface area contributed by atoms with Crippen LogP contribution in [0.15, 0.2) is 113 Å². The highest BCUT2D eigenvalue weighted by molar-refractivity contribution is 6.32. The number of aromatic nitrogens is 1. The van der Waals surface area contributed by atoms with Crippen molar-refractivity contribution in [2.45, 2.75) is 34.0 Å². The van der Waals surface area contributed by atoms with E-state index in [-0.39, 0.29) is 12.4 Å². The molecule has 0 saturated heterocycles. The molecule has 0 aliphatic heterocycles. The van der Waals surface area contributed by atoms with E-state index in [0.29, 0.717) is 46.8 Å². The Bertz CT molecular complexity index is 2020. The Kier molecular flexibility index (Phi) is 9.59. The van der Waals surface area contributed by atoms with Gasteiger partial charge >= 0.3 is 5.91 Å². The van der Waals surface area contributed by atoms with E-state index in [1.54, 1.807) is 24.3 Å². The molecule has 8 nitrogen and oxygen atoms in total. The number of fused-ring (bicyclic) bond motifs is 1. The van der Waals surface area contributed by atoms with Crippen LogP contribution >= 0.6 is 11.6 Å². The number of hydrogen-bond donors (Lipinski definition) is 1. The van der Waals surface area contributed by atoms with E-state index in [2.05, 4.69) is 59.3 Å². The molecule has 4 aromatic carbocycles. The molecule has 238 valence electrons. The van der Waals surface area contributed by atoms with Crippen LogP contribution < -0.4 is 19.6 Å². The Labute approximate surface area is 278 Å². The van der Waals surface area contributed by atoms with Crippen LogP contribution in [-0.4, -0.2) is 23.3 Å². The van der Waals surface area contributed by atoms with Gasteiger partial charge in [-0.25, -0.2) is 5.43 Å². The van der Waals surface area contributed by atoms with Gasteiger partial charge in [0.1, 0.15) is 24.7 Å². The quantitative estimate of drug-likeness (QED) is 0.106. The van der Waals surface area contributed by atoms with Crippen LogP contribution in [0.25, 0.3) is 16.5 Å². The molecule has 0 atom stereocenters. The van der Waals surface area contributed by atoms with E-state index in [0.717, 1.165) is 33.4 Å². The summed E-state index contributed by atoms with van der Waals surface area (Å²) >= 11 is 6.63. The van der Waals surface area contributed by atoms with Crippen molar-refractivity contribution < 1.29 is 23.4 Å². The van der Waals surface area contributed by atoms with Crippen LogP contribution in [0.2, 0.25) is 5.02 Å². The van der Waals surface area contributed by atoms with Crippen LogP contribution in [0.4, 0.5) is 0 Å². The van der Waals surface area contributed by atoms with Crippen LogP contribution in [0.1, 0.15) is 45.8 Å². The molecular weight excluding hydrogens is 614 g/mol. The molecule has 0 saturated carbocycles. The number of carbonyl (C=O) groups excluding carboxylic acids is 1. The minimum Gasteiger partial charge on any atom is -0.490 e. The summed E-state index contributed by atoms with van der Waals surface area (Å²) in [6, 6.07) is 33.0. The second-order valence-electron chi connectivity index (χ2n) is 10.9. The first-order chi connectivity index (χ1) is 22.9. The lowest BCUT2D eigenvalue weighted by Gasteiger charge is -2.15. The highest BCUT2D eigenvalue weighted by Gasteiger charge is 2.15. The van der Waals surface area contributed by atoms with Crippen molar-refractivity contribution >= 4 is 34.5 Å². The van der Waals surface area contributed by atoms with Crippen molar-refractivity contribution in [2.75, 3.05) is 6.61 Å². The SMILES string of the molecule is CCOc1cc(/C=N/NC(=O)c2ccc(COc3ccc(-n4c(C)ccc4C)cc3)o2)cc(Cl)c1OCc1cccc2ccccc12. The predicted molar refractivity (Wildman–Crippen MR) is 184 cm³/mol. The summed E-state index contributed by atoms with van der Waals surface area (Å²) in [7, 11) is 0. The lowest BCUT2D eigenvalue weighted by Crippen LogP contribution is -2.16. The second-order valence-corrected chi connectivity index (χ2v) is 11.3. The lowest BCUT2D eigenvalue weighted by molar-refractivity contribution is 0.0923. The fourth-order valence-electron chi connectivity index (χ4n) is 5.35. The summed E-state index contributed by atoms with van der Waals surface area (Å²) in [6.45, 7) is 6.94. The maximum Gasteiger partial charge on any atom is 0.307 e. The molecule has 0 spiro atoms. The molecule has 2 heterocycles. The molecule has 47 heavy (non-hydrogen) atoms. The fourth-order valence-corrected chi connectivity index (χ4v) is 5.63. The van der Waals surface area contributed by atoms with Gasteiger partial charge in [0.25, 0.3) is 0 Å². The Morgan fingerprint density at radius 2 is 1.64 bits per heavy atom. The highest BCUT2D eigenvalue weighted by atomic mass is 35.5. The second kappa shape index (κ2) is 14.3. The van der Waals surface area contributed by atoms with Crippen LogP contribution in [0.5, 0.6) is 17.2 Å². The van der Waals surface area contributed by atoms with Gasteiger partial charge in [0.2, 0.25) is 0 Å². The largest absolute Gasteiger partial charge is 0.490 e. The number of nitrogens with one attached hydrogen (secondary N) is 1. The van der Waals surface area contributed by atoms with E-state index in [9.17, 15) is 4.79 Å². The zero-order chi connectivity index (χ0) is 32.8. The Balaban J connectivity index is 1.05. The van der Waals surface area contributed by atoms with Gasteiger partial charge in [-0.1, -0.05) is 54.1 Å². The number of furan rings is 1. The number of nitrogens with zero attached hydrogens (tertiary/aromatic N) is 2. The van der Waals surface area contributed by atoms with Gasteiger partial charge in [0.05, 0.1) is 17.8 Å². The normalized spacial score (nSPS) is 11.2. The molecule has 0 aliphatic rings. The van der Waals surface area contributed by atoms with E-state index >= 15 is 0 Å². The molecule has 0 aliphatic carbocycles. The first-order valence-corrected chi connectivity index (χ1v) is 15.6. The Hall–Kier alpha value is -5.47. The number of carbonyl (C=O) groups is 1. The molecule has 0 unspecified atom stereocenters. The van der Waals surface area contributed by atoms with Crippen molar-refractivity contribution in [3.8, 4) is 22.9 Å². The molecule has 1 N–H and O–H groups in total. The first kappa shape index (κ1) is 31.5. The first-order valence-electron chi connectivity index (χ1n) is 15.3. The topological polar surface area (TPSA) is 87.2 Å². The zero-order valence-electron chi connectivity index (χ0n) is 26.3. The number of benzene rings is 4. The number of ether oxygens (including phenoxy) is 3. The molecule has 2 aromatic heterocycles. The smallest absolute Gasteiger partial charge is 0.307 e. The maximum absolute atomic E-state index is 12.7. The molecular formula is C38H34ClN3O5. The number of hydrogen-bond acceptors (Lipinski definition) is 6. The number of hydrazone groups is 1. The maximum atomic E-state index is 12.7. The molecule has 6 aromatic rings. The van der Waals surface area contributed by atoms with E-state index in [1.807, 2.05) is 55.5 Å². The Morgan fingerprint density at radius 1 is 0.872 bits per heavy atom. The van der Waals surface area contributed by atoms with Gasteiger partial charge in [-0.3, -0.25) is 4.79 Å². The molecule has 6 rings (SSSR count). The van der Waals surface area contributed by atoms with Crippen LogP contribution in [-0.2, 0) is 13.2 Å². The van der Waals surface area contributed by atoms with Crippen molar-refractivity contribution in [3.63, 3.8) is 0 Å². The van der Waals surface area contributed by atoms with Gasteiger partial charge in [-0.2, -0.15) is 5.10 Å². The molecule has 1 amide bonds. The summed E-state index contributed by atoms with van der Waals surface area (Å²) in [6.07, 6.45) is 1.48. The lowest BCUT2D eigenvalue weighted by atomic mass is 10.1. The third-order valence-electron chi connectivity index (χ3n) is 7.60. The van der Waals surface area contributed by atoms with Gasteiger partial charge in [0.15, 0.2) is 17.3 Å². The summed E-state index contributed by atoms with van der Waals surface area (Å²) in [5, 5.41) is 6.71. The minimum atomic E-state index is -0.500. The summed E-state index contributed by atoms with van der Waals surface area (Å²) < 4.78 is 25.7. The van der Waals surface area contributed by atoms with E-state index in [4.69, 9.17) is 30.2 Å². The van der Waals surface area contributed by atoms with Crippen molar-refractivity contribution in [3.05, 3.63) is 142 Å². The highest BCUT2D eigenvalue weighted by Crippen LogP contribution is 2.37. The number of aryl methyl sites for hydroxylation is 2. The third-order valence-corrected chi connectivity index (χ3v) is 7.88.